The Morgan fingerprint density at radius 1 is 1.23 bits per heavy atom. The molecule has 1 aliphatic rings. The first-order valence-corrected chi connectivity index (χ1v) is 10.1. The van der Waals surface area contributed by atoms with E-state index in [-0.39, 0.29) is 24.4 Å². The van der Waals surface area contributed by atoms with E-state index in [0.717, 1.165) is 6.20 Å². The van der Waals surface area contributed by atoms with Gasteiger partial charge < -0.3 is 20.5 Å². The smallest absolute Gasteiger partial charge is 0.421 e. The summed E-state index contributed by atoms with van der Waals surface area (Å²) >= 11 is 0. The molecule has 2 heterocycles. The standard InChI is InChI=1S/C20H27F3N6O2/c1-4-31-17-12(8-24-11-27-17)9-25-18-26-10-14(20(21,22)23)16(29-18)28-13-5-6-15(30)19(2,3)7-13/h8,10-11,13,15,30H,4-7,9H2,1-3H3,(H2,25,26,28,29)/t13-,15+/m1/s1. The third-order valence-corrected chi connectivity index (χ3v) is 5.36. The van der Waals surface area contributed by atoms with E-state index in [9.17, 15) is 18.3 Å². The number of nitrogens with zero attached hydrogens (tertiary/aromatic N) is 4. The van der Waals surface area contributed by atoms with Crippen LogP contribution in [0.5, 0.6) is 5.88 Å². The van der Waals surface area contributed by atoms with E-state index in [1.807, 2.05) is 20.8 Å². The molecule has 3 N–H and O–H groups in total. The number of aliphatic hydroxyl groups excluding tert-OH is 1. The fourth-order valence-electron chi connectivity index (χ4n) is 3.63. The third-order valence-electron chi connectivity index (χ3n) is 5.36. The van der Waals surface area contributed by atoms with Crippen LogP contribution in [-0.2, 0) is 12.7 Å². The summed E-state index contributed by atoms with van der Waals surface area (Å²) in [4.78, 5) is 15.9. The van der Waals surface area contributed by atoms with Crippen molar-refractivity contribution < 1.29 is 23.0 Å². The number of halogens is 3. The highest BCUT2D eigenvalue weighted by molar-refractivity contribution is 5.49. The Kier molecular flexibility index (Phi) is 6.83. The number of aromatic nitrogens is 4. The zero-order chi connectivity index (χ0) is 22.6. The Morgan fingerprint density at radius 2 is 2.00 bits per heavy atom. The number of hydrogen-bond acceptors (Lipinski definition) is 8. The van der Waals surface area contributed by atoms with Crippen molar-refractivity contribution in [3.8, 4) is 5.88 Å². The van der Waals surface area contributed by atoms with Gasteiger partial charge in [0.15, 0.2) is 0 Å². The van der Waals surface area contributed by atoms with Crippen LogP contribution < -0.4 is 15.4 Å². The molecule has 0 radical (unpaired) electrons. The molecule has 0 spiro atoms. The molecule has 2 aromatic rings. The number of rotatable bonds is 7. The summed E-state index contributed by atoms with van der Waals surface area (Å²) in [5.74, 6) is 0.145. The number of nitrogens with one attached hydrogen (secondary N) is 2. The number of anilines is 2. The van der Waals surface area contributed by atoms with Crippen molar-refractivity contribution in [1.29, 1.82) is 0 Å². The number of hydrogen-bond donors (Lipinski definition) is 3. The van der Waals surface area contributed by atoms with Crippen LogP contribution >= 0.6 is 0 Å². The molecular weight excluding hydrogens is 413 g/mol. The van der Waals surface area contributed by atoms with Crippen molar-refractivity contribution in [3.05, 3.63) is 29.8 Å². The summed E-state index contributed by atoms with van der Waals surface area (Å²) < 4.78 is 46.0. The van der Waals surface area contributed by atoms with E-state index >= 15 is 0 Å². The molecule has 3 rings (SSSR count). The van der Waals surface area contributed by atoms with Crippen LogP contribution in [-0.4, -0.2) is 43.8 Å². The van der Waals surface area contributed by atoms with E-state index in [2.05, 4.69) is 30.6 Å². The maximum atomic E-state index is 13.5. The largest absolute Gasteiger partial charge is 0.478 e. The number of alkyl halides is 3. The lowest BCUT2D eigenvalue weighted by Gasteiger charge is -2.40. The summed E-state index contributed by atoms with van der Waals surface area (Å²) in [6, 6.07) is -0.241. The lowest BCUT2D eigenvalue weighted by Crippen LogP contribution is -2.41. The second-order valence-electron chi connectivity index (χ2n) is 8.22. The molecule has 2 aromatic heterocycles. The molecule has 170 valence electrons. The molecule has 0 unspecified atom stereocenters. The van der Waals surface area contributed by atoms with Crippen molar-refractivity contribution in [2.75, 3.05) is 17.2 Å². The van der Waals surface area contributed by atoms with Gasteiger partial charge in [0, 0.05) is 25.0 Å². The van der Waals surface area contributed by atoms with Gasteiger partial charge in [-0.05, 0) is 31.6 Å². The molecule has 11 heteroatoms. The minimum atomic E-state index is -4.60. The summed E-state index contributed by atoms with van der Waals surface area (Å²) in [6.07, 6.45) is 0.187. The molecule has 1 aliphatic carbocycles. The van der Waals surface area contributed by atoms with Crippen LogP contribution in [0.2, 0.25) is 0 Å². The lowest BCUT2D eigenvalue weighted by atomic mass is 9.73. The van der Waals surface area contributed by atoms with Gasteiger partial charge >= 0.3 is 6.18 Å². The second kappa shape index (κ2) is 9.21. The van der Waals surface area contributed by atoms with E-state index < -0.39 is 23.3 Å². The maximum absolute atomic E-state index is 13.5. The minimum absolute atomic E-state index is 0.0388. The van der Waals surface area contributed by atoms with Crippen LogP contribution in [0.3, 0.4) is 0 Å². The topological polar surface area (TPSA) is 105 Å². The lowest BCUT2D eigenvalue weighted by molar-refractivity contribution is -0.137. The fourth-order valence-corrected chi connectivity index (χ4v) is 3.63. The predicted molar refractivity (Wildman–Crippen MR) is 109 cm³/mol. The Morgan fingerprint density at radius 3 is 2.68 bits per heavy atom. The Hall–Kier alpha value is -2.69. The van der Waals surface area contributed by atoms with Gasteiger partial charge in [-0.15, -0.1) is 0 Å². The second-order valence-corrected chi connectivity index (χ2v) is 8.22. The highest BCUT2D eigenvalue weighted by atomic mass is 19.4. The molecular formula is C20H27F3N6O2. The molecule has 0 saturated heterocycles. The van der Waals surface area contributed by atoms with Gasteiger partial charge in [-0.2, -0.15) is 18.2 Å². The van der Waals surface area contributed by atoms with Gasteiger partial charge in [0.25, 0.3) is 0 Å². The predicted octanol–water partition coefficient (Wildman–Crippen LogP) is 3.65. The van der Waals surface area contributed by atoms with E-state index in [1.54, 1.807) is 6.20 Å². The SMILES string of the molecule is CCOc1ncncc1CNc1ncc(C(F)(F)F)c(N[C@@H]2CC[C@H](O)C(C)(C)C2)n1. The Bertz CT molecular complexity index is 893. The van der Waals surface area contributed by atoms with Gasteiger partial charge in [0.2, 0.25) is 11.8 Å². The molecule has 0 amide bonds. The van der Waals surface area contributed by atoms with Gasteiger partial charge in [-0.3, -0.25) is 0 Å². The quantitative estimate of drug-likeness (QED) is 0.599. The highest BCUT2D eigenvalue weighted by Crippen LogP contribution is 2.39. The zero-order valence-corrected chi connectivity index (χ0v) is 17.7. The normalized spacial score (nSPS) is 20.9. The zero-order valence-electron chi connectivity index (χ0n) is 17.7. The summed E-state index contributed by atoms with van der Waals surface area (Å²) in [7, 11) is 0. The van der Waals surface area contributed by atoms with Crippen LogP contribution in [0, 0.1) is 5.41 Å². The Labute approximate surface area is 178 Å². The Balaban J connectivity index is 1.79. The first-order chi connectivity index (χ1) is 14.6. The van der Waals surface area contributed by atoms with E-state index in [1.165, 1.54) is 6.33 Å². The average Bonchev–Trinajstić information content (AvgIpc) is 2.69. The van der Waals surface area contributed by atoms with Crippen LogP contribution in [0.15, 0.2) is 18.7 Å². The summed E-state index contributed by atoms with van der Waals surface area (Å²) in [5, 5.41) is 16.0. The fraction of sp³-hybridized carbons (Fsp3) is 0.600. The van der Waals surface area contributed by atoms with Crippen molar-refractivity contribution >= 4 is 11.8 Å². The van der Waals surface area contributed by atoms with Gasteiger partial charge in [0.05, 0.1) is 18.3 Å². The molecule has 31 heavy (non-hydrogen) atoms. The van der Waals surface area contributed by atoms with Crippen molar-refractivity contribution in [2.24, 2.45) is 5.41 Å². The number of aliphatic hydroxyl groups is 1. The van der Waals surface area contributed by atoms with Crippen molar-refractivity contribution in [3.63, 3.8) is 0 Å². The van der Waals surface area contributed by atoms with E-state index in [4.69, 9.17) is 4.74 Å². The average molecular weight is 440 g/mol. The van der Waals surface area contributed by atoms with E-state index in [0.29, 0.717) is 37.3 Å². The molecule has 0 aromatic carbocycles. The summed E-state index contributed by atoms with van der Waals surface area (Å²) in [5.41, 5.74) is -0.698. The molecule has 1 fully saturated rings. The van der Waals surface area contributed by atoms with Crippen molar-refractivity contribution in [2.45, 2.75) is 64.9 Å². The molecule has 2 atom stereocenters. The van der Waals surface area contributed by atoms with Gasteiger partial charge in [-0.25, -0.2) is 15.0 Å². The van der Waals surface area contributed by atoms with Gasteiger partial charge in [0.1, 0.15) is 17.7 Å². The first-order valence-electron chi connectivity index (χ1n) is 10.1. The first kappa shape index (κ1) is 23.0. The minimum Gasteiger partial charge on any atom is -0.478 e. The van der Waals surface area contributed by atoms with Gasteiger partial charge in [-0.1, -0.05) is 13.8 Å². The molecule has 0 aliphatic heterocycles. The summed E-state index contributed by atoms with van der Waals surface area (Å²) in [6.45, 7) is 6.23. The molecule has 0 bridgehead atoms. The highest BCUT2D eigenvalue weighted by Gasteiger charge is 2.39. The van der Waals surface area contributed by atoms with Crippen molar-refractivity contribution in [1.82, 2.24) is 19.9 Å². The number of ether oxygens (including phenoxy) is 1. The monoisotopic (exact) mass is 440 g/mol. The van der Waals surface area contributed by atoms with Crippen LogP contribution in [0.1, 0.15) is 51.2 Å². The maximum Gasteiger partial charge on any atom is 0.421 e. The van der Waals surface area contributed by atoms with Crippen LogP contribution in [0.25, 0.3) is 0 Å². The van der Waals surface area contributed by atoms with Crippen LogP contribution in [0.4, 0.5) is 24.9 Å². The third kappa shape index (κ3) is 5.72. The molecule has 8 nitrogen and oxygen atoms in total. The molecule has 1 saturated carbocycles.